The molecule has 3 aromatic carbocycles. The number of anilines is 1. The molecule has 4 atom stereocenters. The van der Waals surface area contributed by atoms with Gasteiger partial charge < -0.3 is 29.6 Å². The van der Waals surface area contributed by atoms with Crippen molar-refractivity contribution in [3.63, 3.8) is 0 Å². The molecule has 2 aliphatic heterocycles. The van der Waals surface area contributed by atoms with Gasteiger partial charge in [0.05, 0.1) is 39.9 Å². The molecule has 0 radical (unpaired) electrons. The Balaban J connectivity index is 1.45. The quantitative estimate of drug-likeness (QED) is 0.0491. The van der Waals surface area contributed by atoms with Crippen molar-refractivity contribution >= 4 is 30.9 Å². The van der Waals surface area contributed by atoms with Gasteiger partial charge in [0.2, 0.25) is 0 Å². The van der Waals surface area contributed by atoms with Crippen LogP contribution in [-0.2, 0) is 35.2 Å². The Morgan fingerprint density at radius 2 is 1.58 bits per heavy atom. The Bertz CT molecular complexity index is 2090. The van der Waals surface area contributed by atoms with Crippen molar-refractivity contribution in [2.45, 2.75) is 83.2 Å². The van der Waals surface area contributed by atoms with Crippen molar-refractivity contribution in [1.29, 1.82) is 5.26 Å². The molecule has 16 heteroatoms. The van der Waals surface area contributed by atoms with E-state index in [4.69, 9.17) is 40.2 Å². The molecule has 57 heavy (non-hydrogen) atoms. The number of hydrogen-bond acceptors (Lipinski definition) is 11. The van der Waals surface area contributed by atoms with Gasteiger partial charge in [0.1, 0.15) is 41.4 Å². The van der Waals surface area contributed by atoms with Crippen LogP contribution in [0.4, 0.5) is 5.82 Å². The number of rotatable bonds is 17. The minimum absolute atomic E-state index is 0.0126. The predicted octanol–water partition coefficient (Wildman–Crippen LogP) is 6.90. The lowest BCUT2D eigenvalue weighted by atomic mass is 9.80. The molecule has 1 aromatic heterocycles. The summed E-state index contributed by atoms with van der Waals surface area (Å²) < 4.78 is 55.8. The van der Waals surface area contributed by atoms with Gasteiger partial charge >= 0.3 is 13.4 Å². The zero-order chi connectivity index (χ0) is 40.7. The molecule has 0 spiro atoms. The summed E-state index contributed by atoms with van der Waals surface area (Å²) in [5.41, 5.74) is 1.37. The third kappa shape index (κ3) is 9.08. The van der Waals surface area contributed by atoms with E-state index in [-0.39, 0.29) is 38.1 Å². The highest BCUT2D eigenvalue weighted by atomic mass is 32.1. The molecular weight excluding hydrogens is 768 g/mol. The summed E-state index contributed by atoms with van der Waals surface area (Å²) in [6, 6.07) is 26.7. The molecule has 2 aliphatic rings. The van der Waals surface area contributed by atoms with Crippen molar-refractivity contribution in [3.8, 4) is 17.6 Å². The maximum atomic E-state index is 15.0. The van der Waals surface area contributed by atoms with E-state index >= 15 is 4.57 Å². The second-order valence-corrected chi connectivity index (χ2v) is 16.5. The van der Waals surface area contributed by atoms with Crippen LogP contribution in [0.3, 0.4) is 0 Å². The molecule has 2 N–H and O–H groups in total. The minimum Gasteiger partial charge on any atom is -0.497 e. The van der Waals surface area contributed by atoms with E-state index in [2.05, 4.69) is 21.7 Å². The summed E-state index contributed by atoms with van der Waals surface area (Å²) in [7, 11) is -0.865. The first kappa shape index (κ1) is 42.0. The normalized spacial score (nSPS) is 19.1. The van der Waals surface area contributed by atoms with Crippen molar-refractivity contribution in [2.24, 2.45) is 0 Å². The number of ether oxygens (including phenoxy) is 4. The molecule has 1 saturated heterocycles. The maximum absolute atomic E-state index is 15.0. The first-order chi connectivity index (χ1) is 27.4. The number of fused-ring (bicyclic) bond motifs is 1. The van der Waals surface area contributed by atoms with Gasteiger partial charge in [-0.15, -0.1) is 0 Å². The average molecular weight is 817 g/mol. The number of nitrogens with one attached hydrogen (secondary N) is 2. The summed E-state index contributed by atoms with van der Waals surface area (Å²) in [5, 5.41) is 15.7. The Hall–Kier alpha value is -4.65. The van der Waals surface area contributed by atoms with E-state index in [1.54, 1.807) is 25.1 Å². The maximum Gasteiger partial charge on any atom is 0.409 e. The molecule has 1 unspecified atom stereocenters. The first-order valence-corrected chi connectivity index (χ1v) is 20.7. The van der Waals surface area contributed by atoms with Crippen LogP contribution in [0.25, 0.3) is 0 Å². The number of hydrogen-bond donors (Lipinski definition) is 2. The second kappa shape index (κ2) is 18.3. The van der Waals surface area contributed by atoms with Gasteiger partial charge in [-0.05, 0) is 80.9 Å². The lowest BCUT2D eigenvalue weighted by Gasteiger charge is -2.39. The number of nitriles is 1. The Morgan fingerprint density at radius 3 is 2.14 bits per heavy atom. The van der Waals surface area contributed by atoms with Crippen LogP contribution in [0.2, 0.25) is 0 Å². The molecule has 0 saturated carbocycles. The second-order valence-electron chi connectivity index (χ2n) is 14.2. The van der Waals surface area contributed by atoms with Crippen molar-refractivity contribution in [2.75, 3.05) is 32.8 Å². The summed E-state index contributed by atoms with van der Waals surface area (Å²) in [6.45, 7) is 7.79. The van der Waals surface area contributed by atoms with Crippen LogP contribution in [0.5, 0.6) is 11.5 Å². The third-order valence-corrected chi connectivity index (χ3v) is 12.7. The highest BCUT2D eigenvalue weighted by Gasteiger charge is 2.48. The average Bonchev–Trinajstić information content (AvgIpc) is 3.59. The fourth-order valence-corrected chi connectivity index (χ4v) is 9.87. The van der Waals surface area contributed by atoms with Crippen LogP contribution in [0.15, 0.2) is 89.9 Å². The summed E-state index contributed by atoms with van der Waals surface area (Å²) >= 11 is 5.23. The van der Waals surface area contributed by atoms with Gasteiger partial charge in [0.25, 0.3) is 0 Å². The predicted molar refractivity (Wildman–Crippen MR) is 219 cm³/mol. The number of thiocarbonyl (C=S) groups is 1. The highest BCUT2D eigenvalue weighted by molar-refractivity contribution is 7.80. The van der Waals surface area contributed by atoms with E-state index in [0.29, 0.717) is 34.5 Å². The van der Waals surface area contributed by atoms with Crippen LogP contribution in [-0.4, -0.2) is 71.1 Å². The lowest BCUT2D eigenvalue weighted by Crippen LogP contribution is -2.40. The van der Waals surface area contributed by atoms with E-state index in [1.165, 1.54) is 4.57 Å². The minimum atomic E-state index is -4.09. The molecule has 302 valence electrons. The zero-order valence-corrected chi connectivity index (χ0v) is 34.6. The molecule has 3 heterocycles. The lowest BCUT2D eigenvalue weighted by molar-refractivity contribution is -0.0938. The van der Waals surface area contributed by atoms with Crippen molar-refractivity contribution in [3.05, 3.63) is 118 Å². The van der Waals surface area contributed by atoms with Gasteiger partial charge in [0.15, 0.2) is 5.11 Å². The van der Waals surface area contributed by atoms with Crippen molar-refractivity contribution < 1.29 is 32.6 Å². The topological polar surface area (TPSA) is 158 Å². The van der Waals surface area contributed by atoms with Gasteiger partial charge in [-0.25, -0.2) is 14.0 Å². The summed E-state index contributed by atoms with van der Waals surface area (Å²) in [6.07, 6.45) is -0.871. The molecule has 14 nitrogen and oxygen atoms in total. The fourth-order valence-electron chi connectivity index (χ4n) is 7.39. The van der Waals surface area contributed by atoms with Gasteiger partial charge in [0, 0.05) is 36.8 Å². The molecular formula is C41H49N6O8PS. The number of aromatic nitrogens is 2. The SMILES string of the molecule is COc1ccc(C(OC[C@H]2O[C@@H](n3cc4c(nc3=O)NC(=S)NC4)C[C@@H]2OP(=O)(OCCC#N)N(C(C)C)C(C)C)(c2ccccc2)c2ccc(OC)cc2)cc1. The van der Waals surface area contributed by atoms with Crippen LogP contribution >= 0.6 is 20.0 Å². The summed E-state index contributed by atoms with van der Waals surface area (Å²) in [4.78, 5) is 17.8. The number of methoxy groups -OCH3 is 2. The van der Waals surface area contributed by atoms with Crippen LogP contribution in [0, 0.1) is 11.3 Å². The van der Waals surface area contributed by atoms with E-state index in [0.717, 1.165) is 16.7 Å². The molecule has 4 aromatic rings. The Labute approximate surface area is 338 Å². The van der Waals surface area contributed by atoms with Crippen molar-refractivity contribution in [1.82, 2.24) is 19.5 Å². The molecule has 1 fully saturated rings. The van der Waals surface area contributed by atoms with Gasteiger partial charge in [-0.1, -0.05) is 54.6 Å². The summed E-state index contributed by atoms with van der Waals surface area (Å²) in [5.74, 6) is 1.72. The number of nitrogens with zero attached hydrogens (tertiary/aromatic N) is 4. The molecule has 0 aliphatic carbocycles. The largest absolute Gasteiger partial charge is 0.497 e. The highest BCUT2D eigenvalue weighted by Crippen LogP contribution is 2.57. The number of benzene rings is 3. The van der Waals surface area contributed by atoms with Crippen LogP contribution < -0.4 is 25.8 Å². The fraction of sp³-hybridized carbons (Fsp3) is 0.415. The van der Waals surface area contributed by atoms with E-state index in [1.807, 2.05) is 107 Å². The smallest absolute Gasteiger partial charge is 0.409 e. The van der Waals surface area contributed by atoms with Gasteiger partial charge in [-0.3, -0.25) is 13.6 Å². The van der Waals surface area contributed by atoms with Crippen LogP contribution in [0.1, 0.15) is 69.0 Å². The monoisotopic (exact) mass is 816 g/mol. The van der Waals surface area contributed by atoms with E-state index in [9.17, 15) is 10.1 Å². The first-order valence-electron chi connectivity index (χ1n) is 18.8. The molecule has 0 amide bonds. The molecule has 0 bridgehead atoms. The Morgan fingerprint density at radius 1 is 0.982 bits per heavy atom. The molecule has 6 rings (SSSR count). The third-order valence-electron chi connectivity index (χ3n) is 9.90. The van der Waals surface area contributed by atoms with E-state index < -0.39 is 37.5 Å². The zero-order valence-electron chi connectivity index (χ0n) is 32.9. The van der Waals surface area contributed by atoms with Gasteiger partial charge in [-0.2, -0.15) is 10.2 Å². The standard InChI is InChI=1S/C41H49N6O8PS/c1-27(2)47(28(3)4)56(49,53-22-10-21-42)55-35-23-37(46-25-29-24-43-39(57)44-38(29)45-40(46)48)54-36(35)26-52-41(30-11-8-7-9-12-30,31-13-17-33(50-5)18-14-31)32-15-19-34(51-6)20-16-32/h7-9,11-20,25,27-28,35-37H,10,22-24,26H2,1-6H3,(H2,43,44,45,48,57)/t35-,36+,37+,56?/m0/s1. The Kier molecular flexibility index (Phi) is 13.5.